The van der Waals surface area contributed by atoms with Gasteiger partial charge in [-0.1, -0.05) is 143 Å². The molecule has 38 heavy (non-hydrogen) atoms. The largest absolute Gasteiger partial charge is 0.507 e. The van der Waals surface area contributed by atoms with E-state index < -0.39 is 0 Å². The number of phenols is 1. The van der Waals surface area contributed by atoms with E-state index in [-0.39, 0.29) is 5.97 Å². The van der Waals surface area contributed by atoms with Gasteiger partial charge >= 0.3 is 5.97 Å². The van der Waals surface area contributed by atoms with Crippen molar-refractivity contribution in [3.8, 4) is 5.75 Å². The molecule has 1 aromatic carbocycles. The summed E-state index contributed by atoms with van der Waals surface area (Å²) in [5.74, 6) is 1.30. The van der Waals surface area contributed by atoms with Crippen molar-refractivity contribution in [1.82, 2.24) is 0 Å². The minimum Gasteiger partial charge on any atom is -0.507 e. The number of hydrogen-bond acceptors (Lipinski definition) is 3. The molecule has 1 rings (SSSR count). The summed E-state index contributed by atoms with van der Waals surface area (Å²) in [5, 5.41) is 10.7. The molecule has 0 aliphatic rings. The van der Waals surface area contributed by atoms with Crippen molar-refractivity contribution in [2.75, 3.05) is 6.61 Å². The smallest absolute Gasteiger partial charge is 0.306 e. The molecular formula is C35H62O3. The molecule has 3 heteroatoms. The first-order valence-corrected chi connectivity index (χ1v) is 16.3. The van der Waals surface area contributed by atoms with Crippen molar-refractivity contribution in [2.45, 2.75) is 163 Å². The highest BCUT2D eigenvalue weighted by molar-refractivity contribution is 5.69. The molecule has 0 aromatic heterocycles. The van der Waals surface area contributed by atoms with E-state index in [9.17, 15) is 9.90 Å². The number of carbonyl (C=O) groups excluding carboxylic acids is 1. The fraction of sp³-hybridized carbons (Fsp3) is 0.800. The zero-order valence-corrected chi connectivity index (χ0v) is 25.9. The van der Waals surface area contributed by atoms with Crippen LogP contribution in [0.25, 0.3) is 0 Å². The highest BCUT2D eigenvalue weighted by Crippen LogP contribution is 2.29. The zero-order chi connectivity index (χ0) is 28.0. The number of unbranched alkanes of at least 4 members (excludes halogenated alkanes) is 15. The fourth-order valence-corrected chi connectivity index (χ4v) is 5.32. The summed E-state index contributed by atoms with van der Waals surface area (Å²) in [6.45, 7) is 11.5. The van der Waals surface area contributed by atoms with Crippen LogP contribution in [0, 0.1) is 11.8 Å². The molecule has 0 heterocycles. The first-order chi connectivity index (χ1) is 18.3. The normalized spacial score (nSPS) is 11.6. The Balaban J connectivity index is 2.09. The molecule has 0 radical (unpaired) electrons. The molecule has 220 valence electrons. The van der Waals surface area contributed by atoms with Gasteiger partial charge in [-0.15, -0.1) is 0 Å². The van der Waals surface area contributed by atoms with Gasteiger partial charge < -0.3 is 9.84 Å². The molecule has 0 atom stereocenters. The maximum absolute atomic E-state index is 12.3. The van der Waals surface area contributed by atoms with Crippen molar-refractivity contribution in [2.24, 2.45) is 11.8 Å². The summed E-state index contributed by atoms with van der Waals surface area (Å²) in [6, 6.07) is 4.17. The Hall–Kier alpha value is -1.51. The number of ether oxygens (including phenoxy) is 1. The summed E-state index contributed by atoms with van der Waals surface area (Å²) in [7, 11) is 0. The number of esters is 1. The van der Waals surface area contributed by atoms with Gasteiger partial charge in [-0.05, 0) is 54.2 Å². The summed E-state index contributed by atoms with van der Waals surface area (Å²) >= 11 is 0. The number of benzene rings is 1. The summed E-state index contributed by atoms with van der Waals surface area (Å²) < 4.78 is 5.51. The van der Waals surface area contributed by atoms with Crippen molar-refractivity contribution < 1.29 is 14.6 Å². The zero-order valence-electron chi connectivity index (χ0n) is 25.9. The number of aromatic hydroxyl groups is 1. The number of carbonyl (C=O) groups is 1. The molecule has 0 bridgehead atoms. The van der Waals surface area contributed by atoms with Gasteiger partial charge in [-0.3, -0.25) is 4.79 Å². The van der Waals surface area contributed by atoms with Gasteiger partial charge in [-0.2, -0.15) is 0 Å². The van der Waals surface area contributed by atoms with Gasteiger partial charge in [0.2, 0.25) is 0 Å². The monoisotopic (exact) mass is 530 g/mol. The van der Waals surface area contributed by atoms with E-state index >= 15 is 0 Å². The van der Waals surface area contributed by atoms with Crippen molar-refractivity contribution in [3.63, 3.8) is 0 Å². The summed E-state index contributed by atoms with van der Waals surface area (Å²) in [6.07, 6.45) is 24.3. The Kier molecular flexibility index (Phi) is 20.3. The van der Waals surface area contributed by atoms with E-state index in [0.717, 1.165) is 42.4 Å². The molecule has 0 spiro atoms. The van der Waals surface area contributed by atoms with Crippen LogP contribution in [0.3, 0.4) is 0 Å². The first-order valence-electron chi connectivity index (χ1n) is 16.3. The molecular weight excluding hydrogens is 468 g/mol. The lowest BCUT2D eigenvalue weighted by atomic mass is 9.92. The van der Waals surface area contributed by atoms with Crippen LogP contribution in [0.1, 0.15) is 160 Å². The Labute approximate surface area is 236 Å². The van der Waals surface area contributed by atoms with E-state index in [1.54, 1.807) is 0 Å². The van der Waals surface area contributed by atoms with Gasteiger partial charge in [0.05, 0.1) is 6.61 Å². The molecule has 1 N–H and O–H groups in total. The first kappa shape index (κ1) is 34.5. The minimum atomic E-state index is -0.102. The van der Waals surface area contributed by atoms with E-state index in [0.29, 0.717) is 37.0 Å². The van der Waals surface area contributed by atoms with Crippen LogP contribution in [0.4, 0.5) is 0 Å². The van der Waals surface area contributed by atoms with E-state index in [1.807, 2.05) is 0 Å². The van der Waals surface area contributed by atoms with Gasteiger partial charge in [0, 0.05) is 6.42 Å². The third kappa shape index (κ3) is 17.9. The lowest BCUT2D eigenvalue weighted by molar-refractivity contribution is -0.143. The Morgan fingerprint density at radius 1 is 0.684 bits per heavy atom. The van der Waals surface area contributed by atoms with E-state index in [1.165, 1.54) is 89.9 Å². The van der Waals surface area contributed by atoms with Gasteiger partial charge in [0.15, 0.2) is 0 Å². The quantitative estimate of drug-likeness (QED) is 0.107. The number of hydrogen-bond donors (Lipinski definition) is 1. The lowest BCUT2D eigenvalue weighted by Crippen LogP contribution is -2.08. The van der Waals surface area contributed by atoms with Crippen LogP contribution in [0.15, 0.2) is 12.1 Å². The minimum absolute atomic E-state index is 0.102. The predicted octanol–water partition coefficient (Wildman–Crippen LogP) is 10.5. The van der Waals surface area contributed by atoms with Gasteiger partial charge in [-0.25, -0.2) is 0 Å². The number of aryl methyl sites for hydroxylation is 1. The van der Waals surface area contributed by atoms with E-state index in [2.05, 4.69) is 46.8 Å². The van der Waals surface area contributed by atoms with Crippen LogP contribution in [-0.2, 0) is 28.8 Å². The average molecular weight is 531 g/mol. The van der Waals surface area contributed by atoms with Gasteiger partial charge in [0.25, 0.3) is 0 Å². The molecule has 1 aromatic rings. The molecule has 0 unspecified atom stereocenters. The third-order valence-electron chi connectivity index (χ3n) is 7.46. The number of phenolic OH excluding ortho intramolecular Hbond substituents is 1. The second-order valence-corrected chi connectivity index (χ2v) is 12.5. The Morgan fingerprint density at radius 2 is 1.08 bits per heavy atom. The second kappa shape index (κ2) is 22.3. The fourth-order valence-electron chi connectivity index (χ4n) is 5.32. The molecule has 0 amide bonds. The van der Waals surface area contributed by atoms with E-state index in [4.69, 9.17) is 4.74 Å². The molecule has 0 fully saturated rings. The molecule has 0 saturated heterocycles. The van der Waals surface area contributed by atoms with Crippen LogP contribution in [0.2, 0.25) is 0 Å². The molecule has 0 aliphatic heterocycles. The average Bonchev–Trinajstić information content (AvgIpc) is 2.86. The Bertz CT molecular complexity index is 691. The molecule has 0 aliphatic carbocycles. The summed E-state index contributed by atoms with van der Waals surface area (Å²) in [4.78, 5) is 12.3. The van der Waals surface area contributed by atoms with Crippen LogP contribution in [0.5, 0.6) is 5.75 Å². The van der Waals surface area contributed by atoms with Crippen molar-refractivity contribution in [1.29, 1.82) is 0 Å². The van der Waals surface area contributed by atoms with Crippen molar-refractivity contribution >= 4 is 5.97 Å². The number of rotatable bonds is 24. The maximum Gasteiger partial charge on any atom is 0.306 e. The van der Waals surface area contributed by atoms with Crippen molar-refractivity contribution in [3.05, 3.63) is 28.8 Å². The molecule has 3 nitrogen and oxygen atoms in total. The lowest BCUT2D eigenvalue weighted by Gasteiger charge is -2.16. The highest BCUT2D eigenvalue weighted by Gasteiger charge is 2.14. The topological polar surface area (TPSA) is 46.5 Å². The van der Waals surface area contributed by atoms with Crippen LogP contribution < -0.4 is 0 Å². The highest BCUT2D eigenvalue weighted by atomic mass is 16.5. The second-order valence-electron chi connectivity index (χ2n) is 12.5. The van der Waals surface area contributed by atoms with Gasteiger partial charge in [0.1, 0.15) is 5.75 Å². The standard InChI is InChI=1S/C35H62O3/c1-6-7-8-9-10-11-12-13-14-15-16-17-18-19-20-21-24-38-34(36)23-22-31-27-32(25-29(2)3)35(37)33(28-31)26-30(4)5/h27-30,37H,6-26H2,1-5H3. The Morgan fingerprint density at radius 3 is 1.47 bits per heavy atom. The third-order valence-corrected chi connectivity index (χ3v) is 7.46. The van der Waals surface area contributed by atoms with Crippen LogP contribution >= 0.6 is 0 Å². The SMILES string of the molecule is CCCCCCCCCCCCCCCCCCOC(=O)CCc1cc(CC(C)C)c(O)c(CC(C)C)c1. The maximum atomic E-state index is 12.3. The summed E-state index contributed by atoms with van der Waals surface area (Å²) in [5.41, 5.74) is 3.15. The molecule has 0 saturated carbocycles. The van der Waals surface area contributed by atoms with Crippen LogP contribution in [-0.4, -0.2) is 17.7 Å². The predicted molar refractivity (Wildman–Crippen MR) is 164 cm³/mol.